The number of rotatable bonds is 8. The van der Waals surface area contributed by atoms with Crippen molar-refractivity contribution in [2.24, 2.45) is 0 Å². The summed E-state index contributed by atoms with van der Waals surface area (Å²) in [4.78, 5) is 11.8. The highest BCUT2D eigenvalue weighted by Gasteiger charge is 2.15. The maximum atomic E-state index is 11.9. The van der Waals surface area contributed by atoms with Crippen molar-refractivity contribution in [1.29, 1.82) is 0 Å². The van der Waals surface area contributed by atoms with E-state index in [9.17, 15) is 13.2 Å². The molecule has 118 valence electrons. The molecular weight excluding hydrogens is 314 g/mol. The SMILES string of the molecule is CCCCCNC(=O)Cc1cc(S(=O)(=O)Cl)ccc1OC. The van der Waals surface area contributed by atoms with Crippen molar-refractivity contribution in [2.45, 2.75) is 37.5 Å². The van der Waals surface area contributed by atoms with Gasteiger partial charge in [-0.15, -0.1) is 0 Å². The quantitative estimate of drug-likeness (QED) is 0.586. The number of amides is 1. The van der Waals surface area contributed by atoms with Crippen molar-refractivity contribution in [3.8, 4) is 5.75 Å². The van der Waals surface area contributed by atoms with Crippen molar-refractivity contribution < 1.29 is 17.9 Å². The smallest absolute Gasteiger partial charge is 0.261 e. The summed E-state index contributed by atoms with van der Waals surface area (Å²) in [6, 6.07) is 4.21. The minimum Gasteiger partial charge on any atom is -0.496 e. The van der Waals surface area contributed by atoms with Gasteiger partial charge in [0.05, 0.1) is 18.4 Å². The van der Waals surface area contributed by atoms with Crippen molar-refractivity contribution in [3.63, 3.8) is 0 Å². The third-order valence-electron chi connectivity index (χ3n) is 2.99. The monoisotopic (exact) mass is 333 g/mol. The first-order chi connectivity index (χ1) is 9.88. The molecule has 0 aliphatic rings. The van der Waals surface area contributed by atoms with E-state index in [0.717, 1.165) is 19.3 Å². The molecule has 0 atom stereocenters. The van der Waals surface area contributed by atoms with Crippen LogP contribution in [-0.4, -0.2) is 28.0 Å². The van der Waals surface area contributed by atoms with E-state index in [1.807, 2.05) is 0 Å². The van der Waals surface area contributed by atoms with E-state index in [2.05, 4.69) is 12.2 Å². The summed E-state index contributed by atoms with van der Waals surface area (Å²) >= 11 is 0. The largest absolute Gasteiger partial charge is 0.496 e. The van der Waals surface area contributed by atoms with Crippen LogP contribution in [0.5, 0.6) is 5.75 Å². The van der Waals surface area contributed by atoms with Crippen LogP contribution in [0, 0.1) is 0 Å². The van der Waals surface area contributed by atoms with Crippen LogP contribution in [0.1, 0.15) is 31.7 Å². The number of benzene rings is 1. The van der Waals surface area contributed by atoms with E-state index in [1.165, 1.54) is 25.3 Å². The molecular formula is C14H20ClNO4S. The van der Waals surface area contributed by atoms with Gasteiger partial charge >= 0.3 is 0 Å². The van der Waals surface area contributed by atoms with Gasteiger partial charge < -0.3 is 10.1 Å². The zero-order valence-electron chi connectivity index (χ0n) is 12.2. The lowest BCUT2D eigenvalue weighted by Crippen LogP contribution is -2.26. The van der Waals surface area contributed by atoms with Gasteiger partial charge in [0, 0.05) is 22.8 Å². The third-order valence-corrected chi connectivity index (χ3v) is 4.34. The second kappa shape index (κ2) is 8.24. The van der Waals surface area contributed by atoms with Crippen molar-refractivity contribution in [2.75, 3.05) is 13.7 Å². The average molecular weight is 334 g/mol. The Bertz CT molecular complexity index is 587. The Morgan fingerprint density at radius 1 is 1.33 bits per heavy atom. The zero-order chi connectivity index (χ0) is 15.9. The molecule has 0 saturated heterocycles. The van der Waals surface area contributed by atoms with Gasteiger partial charge in [0.1, 0.15) is 5.75 Å². The van der Waals surface area contributed by atoms with Crippen LogP contribution in [0.15, 0.2) is 23.1 Å². The standard InChI is InChI=1S/C14H20ClNO4S/c1-3-4-5-8-16-14(17)10-11-9-12(21(15,18)19)6-7-13(11)20-2/h6-7,9H,3-5,8,10H2,1-2H3,(H,16,17). The van der Waals surface area contributed by atoms with Crippen LogP contribution in [0.3, 0.4) is 0 Å². The maximum Gasteiger partial charge on any atom is 0.261 e. The number of halogens is 1. The number of ether oxygens (including phenoxy) is 1. The first-order valence-corrected chi connectivity index (χ1v) is 9.07. The number of methoxy groups -OCH3 is 1. The molecule has 0 aromatic heterocycles. The van der Waals surface area contributed by atoms with Gasteiger partial charge in [-0.3, -0.25) is 4.79 Å². The van der Waals surface area contributed by atoms with Gasteiger partial charge in [0.2, 0.25) is 5.91 Å². The molecule has 0 saturated carbocycles. The molecule has 1 aromatic rings. The van der Waals surface area contributed by atoms with E-state index < -0.39 is 9.05 Å². The Hall–Kier alpha value is -1.27. The van der Waals surface area contributed by atoms with E-state index >= 15 is 0 Å². The predicted molar refractivity (Wildman–Crippen MR) is 82.3 cm³/mol. The van der Waals surface area contributed by atoms with Crippen LogP contribution in [-0.2, 0) is 20.3 Å². The maximum absolute atomic E-state index is 11.9. The minimum atomic E-state index is -3.83. The predicted octanol–water partition coefficient (Wildman–Crippen LogP) is 2.47. The summed E-state index contributed by atoms with van der Waals surface area (Å²) < 4.78 is 27.8. The number of hydrogen-bond acceptors (Lipinski definition) is 4. The fourth-order valence-corrected chi connectivity index (χ4v) is 2.68. The fraction of sp³-hybridized carbons (Fsp3) is 0.500. The highest BCUT2D eigenvalue weighted by molar-refractivity contribution is 8.13. The van der Waals surface area contributed by atoms with Crippen molar-refractivity contribution in [1.82, 2.24) is 5.32 Å². The van der Waals surface area contributed by atoms with Crippen LogP contribution in [0.4, 0.5) is 0 Å². The van der Waals surface area contributed by atoms with E-state index in [1.54, 1.807) is 0 Å². The van der Waals surface area contributed by atoms with Gasteiger partial charge in [-0.25, -0.2) is 8.42 Å². The average Bonchev–Trinajstić information content (AvgIpc) is 2.42. The first-order valence-electron chi connectivity index (χ1n) is 6.76. The highest BCUT2D eigenvalue weighted by Crippen LogP contribution is 2.24. The van der Waals surface area contributed by atoms with Crippen LogP contribution < -0.4 is 10.1 Å². The molecule has 0 spiro atoms. The summed E-state index contributed by atoms with van der Waals surface area (Å²) in [5.74, 6) is 0.288. The first kappa shape index (κ1) is 17.8. The molecule has 0 bridgehead atoms. The van der Waals surface area contributed by atoms with Gasteiger partial charge in [0.15, 0.2) is 0 Å². The molecule has 1 aromatic carbocycles. The van der Waals surface area contributed by atoms with Gasteiger partial charge in [-0.05, 0) is 24.6 Å². The van der Waals surface area contributed by atoms with Gasteiger partial charge in [-0.2, -0.15) is 0 Å². The van der Waals surface area contributed by atoms with Gasteiger partial charge in [-0.1, -0.05) is 19.8 Å². The van der Waals surface area contributed by atoms with Crippen LogP contribution >= 0.6 is 10.7 Å². The second-order valence-electron chi connectivity index (χ2n) is 4.65. The minimum absolute atomic E-state index is 0.0428. The normalized spacial score (nSPS) is 11.2. The Labute approximate surface area is 130 Å². The van der Waals surface area contributed by atoms with Crippen LogP contribution in [0.25, 0.3) is 0 Å². The van der Waals surface area contributed by atoms with Crippen molar-refractivity contribution >= 4 is 25.6 Å². The summed E-state index contributed by atoms with van der Waals surface area (Å²) in [5.41, 5.74) is 0.493. The van der Waals surface area contributed by atoms with Crippen LogP contribution in [0.2, 0.25) is 0 Å². The molecule has 1 rings (SSSR count). The number of carbonyl (C=O) groups is 1. The van der Waals surface area contributed by atoms with E-state index in [0.29, 0.717) is 17.9 Å². The molecule has 0 unspecified atom stereocenters. The summed E-state index contributed by atoms with van der Waals surface area (Å²) in [6.45, 7) is 2.70. The molecule has 0 fully saturated rings. The van der Waals surface area contributed by atoms with Gasteiger partial charge in [0.25, 0.3) is 9.05 Å². The lowest BCUT2D eigenvalue weighted by molar-refractivity contribution is -0.120. The molecule has 7 heteroatoms. The Morgan fingerprint density at radius 3 is 2.62 bits per heavy atom. The third kappa shape index (κ3) is 5.93. The van der Waals surface area contributed by atoms with E-state index in [-0.39, 0.29) is 17.2 Å². The molecule has 0 aliphatic carbocycles. The number of hydrogen-bond donors (Lipinski definition) is 1. The number of carbonyl (C=O) groups excluding carboxylic acids is 1. The Balaban J connectivity index is 2.78. The molecule has 0 radical (unpaired) electrons. The van der Waals surface area contributed by atoms with Crippen molar-refractivity contribution in [3.05, 3.63) is 23.8 Å². The Morgan fingerprint density at radius 2 is 2.05 bits per heavy atom. The van der Waals surface area contributed by atoms with E-state index in [4.69, 9.17) is 15.4 Å². The lowest BCUT2D eigenvalue weighted by atomic mass is 10.1. The summed E-state index contributed by atoms with van der Waals surface area (Å²) in [6.07, 6.45) is 3.12. The molecule has 5 nitrogen and oxygen atoms in total. The molecule has 0 heterocycles. The number of unbranched alkanes of at least 4 members (excludes halogenated alkanes) is 2. The topological polar surface area (TPSA) is 72.5 Å². The second-order valence-corrected chi connectivity index (χ2v) is 7.21. The lowest BCUT2D eigenvalue weighted by Gasteiger charge is -2.10. The Kier molecular flexibility index (Phi) is 6.98. The fourth-order valence-electron chi connectivity index (χ4n) is 1.88. The summed E-state index contributed by atoms with van der Waals surface area (Å²) in [7, 11) is 2.95. The highest BCUT2D eigenvalue weighted by atomic mass is 35.7. The molecule has 21 heavy (non-hydrogen) atoms. The zero-order valence-corrected chi connectivity index (χ0v) is 13.8. The molecule has 0 aliphatic heterocycles. The number of nitrogens with one attached hydrogen (secondary N) is 1. The summed E-state index contributed by atoms with van der Waals surface area (Å²) in [5, 5.41) is 2.80. The molecule has 1 N–H and O–H groups in total. The molecule has 1 amide bonds.